The second kappa shape index (κ2) is 8.22. The van der Waals surface area contributed by atoms with Crippen LogP contribution >= 0.6 is 0 Å². The molecule has 0 radical (unpaired) electrons. The molecule has 2 aromatic carbocycles. The standard InChI is InChI=1S/C21H13F2N5O4/c22-14-4-1-12(16(23)9-14)3-8-20(29)26-19-7-2-13(11-24-19)21-25-17-6-5-15(28(31)32)10-18(17)27(21)30/h1-11,30H,(H,24,26,29). The number of hydrogen-bond donors (Lipinski definition) is 2. The zero-order valence-corrected chi connectivity index (χ0v) is 16.1. The minimum absolute atomic E-state index is 0.0481. The van der Waals surface area contributed by atoms with Crippen LogP contribution in [0.15, 0.2) is 60.8 Å². The summed E-state index contributed by atoms with van der Waals surface area (Å²) in [6.07, 6.45) is 3.62. The summed E-state index contributed by atoms with van der Waals surface area (Å²) >= 11 is 0. The Morgan fingerprint density at radius 2 is 1.97 bits per heavy atom. The van der Waals surface area contributed by atoms with Gasteiger partial charge in [0.05, 0.1) is 10.4 Å². The molecule has 0 aliphatic carbocycles. The maximum absolute atomic E-state index is 13.6. The Hall–Kier alpha value is -4.67. The van der Waals surface area contributed by atoms with Gasteiger partial charge in [-0.25, -0.2) is 18.7 Å². The Bertz CT molecular complexity index is 1380. The van der Waals surface area contributed by atoms with E-state index >= 15 is 0 Å². The van der Waals surface area contributed by atoms with E-state index in [4.69, 9.17) is 0 Å². The summed E-state index contributed by atoms with van der Waals surface area (Å²) in [5, 5.41) is 23.8. The highest BCUT2D eigenvalue weighted by atomic mass is 19.1. The minimum Gasteiger partial charge on any atom is -0.426 e. The predicted octanol–water partition coefficient (Wildman–Crippen LogP) is 4.17. The molecular weight excluding hydrogens is 424 g/mol. The van der Waals surface area contributed by atoms with Crippen molar-refractivity contribution >= 4 is 34.5 Å². The minimum atomic E-state index is -0.797. The number of fused-ring (bicyclic) bond motifs is 1. The van der Waals surface area contributed by atoms with Gasteiger partial charge in [0.25, 0.3) is 5.69 Å². The number of nitrogens with zero attached hydrogens (tertiary/aromatic N) is 4. The Labute approximate surface area is 178 Å². The lowest BCUT2D eigenvalue weighted by molar-refractivity contribution is -0.384. The van der Waals surface area contributed by atoms with Crippen molar-refractivity contribution in [1.29, 1.82) is 0 Å². The molecule has 2 heterocycles. The van der Waals surface area contributed by atoms with Gasteiger partial charge in [0, 0.05) is 41.6 Å². The van der Waals surface area contributed by atoms with Crippen LogP contribution in [0.4, 0.5) is 20.3 Å². The fourth-order valence-corrected chi connectivity index (χ4v) is 2.92. The number of halogens is 2. The number of carbonyl (C=O) groups is 1. The summed E-state index contributed by atoms with van der Waals surface area (Å²) in [5.41, 5.74) is 0.762. The number of nitro benzene ring substituents is 1. The lowest BCUT2D eigenvalue weighted by Crippen LogP contribution is -2.09. The van der Waals surface area contributed by atoms with Gasteiger partial charge in [-0.15, -0.1) is 0 Å². The molecule has 0 spiro atoms. The molecule has 11 heteroatoms. The highest BCUT2D eigenvalue weighted by molar-refractivity contribution is 6.01. The Morgan fingerprint density at radius 1 is 1.16 bits per heavy atom. The monoisotopic (exact) mass is 437 g/mol. The molecule has 0 aliphatic rings. The third-order valence-corrected chi connectivity index (χ3v) is 4.47. The third-order valence-electron chi connectivity index (χ3n) is 4.47. The summed E-state index contributed by atoms with van der Waals surface area (Å²) in [6.45, 7) is 0. The maximum Gasteiger partial charge on any atom is 0.271 e. The first-order chi connectivity index (χ1) is 15.3. The number of rotatable bonds is 5. The van der Waals surface area contributed by atoms with Crippen molar-refractivity contribution in [2.45, 2.75) is 0 Å². The Morgan fingerprint density at radius 3 is 2.66 bits per heavy atom. The van der Waals surface area contributed by atoms with Crippen LogP contribution < -0.4 is 5.32 Å². The normalized spacial score (nSPS) is 11.2. The zero-order valence-electron chi connectivity index (χ0n) is 16.1. The summed E-state index contributed by atoms with van der Waals surface area (Å²) in [6, 6.07) is 9.89. The molecule has 160 valence electrons. The van der Waals surface area contributed by atoms with E-state index in [9.17, 15) is 28.9 Å². The van der Waals surface area contributed by atoms with Gasteiger partial charge in [0.1, 0.15) is 23.0 Å². The van der Waals surface area contributed by atoms with E-state index < -0.39 is 22.5 Å². The van der Waals surface area contributed by atoms with Crippen LogP contribution in [0.5, 0.6) is 0 Å². The molecular formula is C21H13F2N5O4. The topological polar surface area (TPSA) is 123 Å². The van der Waals surface area contributed by atoms with Crippen molar-refractivity contribution in [3.8, 4) is 11.4 Å². The third kappa shape index (κ3) is 4.12. The number of aromatic nitrogens is 3. The van der Waals surface area contributed by atoms with Gasteiger partial charge < -0.3 is 10.5 Å². The molecule has 0 fully saturated rings. The van der Waals surface area contributed by atoms with Crippen LogP contribution in [-0.4, -0.2) is 30.7 Å². The highest BCUT2D eigenvalue weighted by Gasteiger charge is 2.16. The molecule has 0 bridgehead atoms. The first-order valence-corrected chi connectivity index (χ1v) is 9.08. The molecule has 0 saturated carbocycles. The number of nitro groups is 1. The molecule has 4 aromatic rings. The molecule has 1 amide bonds. The number of amides is 1. The molecule has 32 heavy (non-hydrogen) atoms. The molecule has 9 nitrogen and oxygen atoms in total. The van der Waals surface area contributed by atoms with Crippen molar-refractivity contribution in [3.05, 3.63) is 88.1 Å². The zero-order chi connectivity index (χ0) is 22.8. The highest BCUT2D eigenvalue weighted by Crippen LogP contribution is 2.26. The van der Waals surface area contributed by atoms with Gasteiger partial charge in [-0.05, 0) is 36.4 Å². The van der Waals surface area contributed by atoms with E-state index in [-0.39, 0.29) is 28.4 Å². The van der Waals surface area contributed by atoms with E-state index in [2.05, 4.69) is 15.3 Å². The van der Waals surface area contributed by atoms with E-state index in [1.54, 1.807) is 0 Å². The van der Waals surface area contributed by atoms with Crippen molar-refractivity contribution in [2.24, 2.45) is 0 Å². The van der Waals surface area contributed by atoms with E-state index in [0.29, 0.717) is 17.1 Å². The largest absolute Gasteiger partial charge is 0.426 e. The lowest BCUT2D eigenvalue weighted by Gasteiger charge is -2.04. The lowest BCUT2D eigenvalue weighted by atomic mass is 10.2. The second-order valence-electron chi connectivity index (χ2n) is 6.60. The van der Waals surface area contributed by atoms with E-state index in [1.807, 2.05) is 0 Å². The molecule has 2 aromatic heterocycles. The molecule has 2 N–H and O–H groups in total. The average Bonchev–Trinajstić information content (AvgIpc) is 3.09. The quantitative estimate of drug-likeness (QED) is 0.209. The number of hydrogen-bond acceptors (Lipinski definition) is 6. The van der Waals surface area contributed by atoms with Crippen molar-refractivity contribution in [2.75, 3.05) is 5.32 Å². The Balaban J connectivity index is 1.50. The Kier molecular flexibility index (Phi) is 5.29. The van der Waals surface area contributed by atoms with Crippen molar-refractivity contribution in [1.82, 2.24) is 14.7 Å². The van der Waals surface area contributed by atoms with Crippen LogP contribution in [0.3, 0.4) is 0 Å². The van der Waals surface area contributed by atoms with Gasteiger partial charge in [-0.2, -0.15) is 4.73 Å². The van der Waals surface area contributed by atoms with Gasteiger partial charge >= 0.3 is 0 Å². The second-order valence-corrected chi connectivity index (χ2v) is 6.60. The van der Waals surface area contributed by atoms with Gasteiger partial charge in [-0.3, -0.25) is 14.9 Å². The number of carbonyl (C=O) groups excluding carboxylic acids is 1. The van der Waals surface area contributed by atoms with E-state index in [0.717, 1.165) is 16.9 Å². The van der Waals surface area contributed by atoms with Crippen molar-refractivity contribution < 1.29 is 23.7 Å². The first kappa shape index (κ1) is 20.6. The molecule has 0 unspecified atom stereocenters. The number of nitrogens with one attached hydrogen (secondary N) is 1. The van der Waals surface area contributed by atoms with E-state index in [1.165, 1.54) is 48.7 Å². The van der Waals surface area contributed by atoms with Crippen LogP contribution in [0, 0.1) is 21.7 Å². The van der Waals surface area contributed by atoms with Gasteiger partial charge in [0.15, 0.2) is 5.82 Å². The fourth-order valence-electron chi connectivity index (χ4n) is 2.92. The molecule has 0 aliphatic heterocycles. The molecule has 0 saturated heterocycles. The number of benzene rings is 2. The summed E-state index contributed by atoms with van der Waals surface area (Å²) in [5.74, 6) is -1.82. The smallest absolute Gasteiger partial charge is 0.271 e. The fraction of sp³-hybridized carbons (Fsp3) is 0. The number of anilines is 1. The van der Waals surface area contributed by atoms with Crippen LogP contribution in [0.2, 0.25) is 0 Å². The summed E-state index contributed by atoms with van der Waals surface area (Å²) in [7, 11) is 0. The molecule has 0 atom stereocenters. The number of imidazole rings is 1. The summed E-state index contributed by atoms with van der Waals surface area (Å²) in [4.78, 5) is 30.7. The number of pyridine rings is 1. The van der Waals surface area contributed by atoms with Crippen LogP contribution in [0.1, 0.15) is 5.56 Å². The number of non-ortho nitro benzene ring substituents is 1. The van der Waals surface area contributed by atoms with Gasteiger partial charge in [-0.1, -0.05) is 0 Å². The maximum atomic E-state index is 13.6. The summed E-state index contributed by atoms with van der Waals surface area (Å²) < 4.78 is 27.3. The van der Waals surface area contributed by atoms with Crippen LogP contribution in [-0.2, 0) is 4.79 Å². The SMILES string of the molecule is O=C(C=Cc1ccc(F)cc1F)Nc1ccc(-c2nc3ccc([N+](=O)[O-])cc3n2O)cn1. The predicted molar refractivity (Wildman–Crippen MR) is 111 cm³/mol. The average molecular weight is 437 g/mol. The van der Waals surface area contributed by atoms with Crippen molar-refractivity contribution in [3.63, 3.8) is 0 Å². The van der Waals surface area contributed by atoms with Gasteiger partial charge in [0.2, 0.25) is 5.91 Å². The first-order valence-electron chi connectivity index (χ1n) is 9.08. The molecule has 4 rings (SSSR count). The van der Waals surface area contributed by atoms with Crippen LogP contribution in [0.25, 0.3) is 28.5 Å².